The lowest BCUT2D eigenvalue weighted by Gasteiger charge is -2.40. The first kappa shape index (κ1) is 25.6. The van der Waals surface area contributed by atoms with E-state index in [0.717, 1.165) is 22.6 Å². The van der Waals surface area contributed by atoms with Gasteiger partial charge in [0.15, 0.2) is 0 Å². The number of benzene rings is 2. The second-order valence-corrected chi connectivity index (χ2v) is 10.2. The van der Waals surface area contributed by atoms with Crippen molar-refractivity contribution in [2.75, 3.05) is 19.7 Å². The highest BCUT2D eigenvalue weighted by atomic mass is 19.1. The maximum Gasteiger partial charge on any atom is 0.416 e. The standard InChI is InChI=1S/C27H30F2N2O5/c1-27(2,3)36-25(33)30-12-11-21(22(15-30)20-10-9-18(28)14-23(20)29)24(32)31-19(16-35-26(31)34)13-17-7-5-4-6-8-17/h4-10,14,19,21-22H,11-13,15-16H2,1-3H3/t19-,21+,22-/m0/s1. The van der Waals surface area contributed by atoms with Crippen molar-refractivity contribution in [1.29, 1.82) is 0 Å². The summed E-state index contributed by atoms with van der Waals surface area (Å²) in [6, 6.07) is 12.1. The zero-order valence-corrected chi connectivity index (χ0v) is 20.6. The fourth-order valence-corrected chi connectivity index (χ4v) is 4.80. The van der Waals surface area contributed by atoms with Gasteiger partial charge in [0.2, 0.25) is 5.91 Å². The van der Waals surface area contributed by atoms with Crippen LogP contribution in [0.1, 0.15) is 44.2 Å². The summed E-state index contributed by atoms with van der Waals surface area (Å²) < 4.78 is 39.2. The van der Waals surface area contributed by atoms with Crippen molar-refractivity contribution in [2.45, 2.75) is 51.2 Å². The molecule has 0 unspecified atom stereocenters. The lowest BCUT2D eigenvalue weighted by atomic mass is 9.79. The number of rotatable bonds is 4. The fraction of sp³-hybridized carbons (Fsp3) is 0.444. The Hall–Kier alpha value is -3.49. The molecule has 9 heteroatoms. The van der Waals surface area contributed by atoms with Crippen LogP contribution in [-0.4, -0.2) is 59.2 Å². The summed E-state index contributed by atoms with van der Waals surface area (Å²) in [6.07, 6.45) is -0.719. The predicted octanol–water partition coefficient (Wildman–Crippen LogP) is 4.90. The van der Waals surface area contributed by atoms with Crippen LogP contribution in [0.15, 0.2) is 48.5 Å². The van der Waals surface area contributed by atoms with E-state index < -0.39 is 53.2 Å². The molecule has 0 aromatic heterocycles. The van der Waals surface area contributed by atoms with E-state index in [2.05, 4.69) is 0 Å². The molecule has 2 saturated heterocycles. The summed E-state index contributed by atoms with van der Waals surface area (Å²) in [7, 11) is 0. The van der Waals surface area contributed by atoms with E-state index in [9.17, 15) is 23.2 Å². The number of halogens is 2. The topological polar surface area (TPSA) is 76.2 Å². The number of carbonyl (C=O) groups is 3. The Morgan fingerprint density at radius 3 is 2.50 bits per heavy atom. The van der Waals surface area contributed by atoms with E-state index in [1.165, 1.54) is 11.0 Å². The van der Waals surface area contributed by atoms with E-state index >= 15 is 0 Å². The molecule has 0 saturated carbocycles. The molecular weight excluding hydrogens is 470 g/mol. The fourth-order valence-electron chi connectivity index (χ4n) is 4.80. The molecular formula is C27H30F2N2O5. The Bertz CT molecular complexity index is 1130. The Balaban J connectivity index is 1.62. The van der Waals surface area contributed by atoms with Gasteiger partial charge >= 0.3 is 12.2 Å². The van der Waals surface area contributed by atoms with Crippen LogP contribution in [0, 0.1) is 17.6 Å². The maximum absolute atomic E-state index is 14.9. The molecule has 7 nitrogen and oxygen atoms in total. The summed E-state index contributed by atoms with van der Waals surface area (Å²) in [6.45, 7) is 5.46. The van der Waals surface area contributed by atoms with Crippen molar-refractivity contribution < 1.29 is 32.6 Å². The molecule has 192 valence electrons. The van der Waals surface area contributed by atoms with E-state index in [1.807, 2.05) is 30.3 Å². The molecule has 2 aliphatic rings. The summed E-state index contributed by atoms with van der Waals surface area (Å²) in [5.41, 5.74) is 0.319. The second-order valence-electron chi connectivity index (χ2n) is 10.2. The molecule has 3 amide bonds. The quantitative estimate of drug-likeness (QED) is 0.597. The summed E-state index contributed by atoms with van der Waals surface area (Å²) in [4.78, 5) is 41.7. The molecule has 0 radical (unpaired) electrons. The van der Waals surface area contributed by atoms with Crippen molar-refractivity contribution >= 4 is 18.1 Å². The van der Waals surface area contributed by atoms with Gasteiger partial charge in [0.05, 0.1) is 6.04 Å². The van der Waals surface area contributed by atoms with Crippen molar-refractivity contribution in [3.63, 3.8) is 0 Å². The van der Waals surface area contributed by atoms with E-state index in [-0.39, 0.29) is 31.7 Å². The monoisotopic (exact) mass is 500 g/mol. The van der Waals surface area contributed by atoms with E-state index in [4.69, 9.17) is 9.47 Å². The summed E-state index contributed by atoms with van der Waals surface area (Å²) in [5.74, 6) is -3.66. The van der Waals surface area contributed by atoms with Gasteiger partial charge in [-0.15, -0.1) is 0 Å². The zero-order chi connectivity index (χ0) is 26.0. The molecule has 0 spiro atoms. The Morgan fingerprint density at radius 1 is 1.11 bits per heavy atom. The Morgan fingerprint density at radius 2 is 1.83 bits per heavy atom. The summed E-state index contributed by atoms with van der Waals surface area (Å²) in [5, 5.41) is 0. The minimum atomic E-state index is -0.812. The number of hydrogen-bond donors (Lipinski definition) is 0. The number of nitrogens with zero attached hydrogens (tertiary/aromatic N) is 2. The van der Waals surface area contributed by atoms with Gasteiger partial charge in [0, 0.05) is 31.0 Å². The molecule has 0 aliphatic carbocycles. The van der Waals surface area contributed by atoms with Gasteiger partial charge in [-0.05, 0) is 50.8 Å². The smallest absolute Gasteiger partial charge is 0.416 e. The first-order valence-electron chi connectivity index (χ1n) is 12.0. The van der Waals surface area contributed by atoms with Crippen molar-refractivity contribution in [2.24, 2.45) is 5.92 Å². The zero-order valence-electron chi connectivity index (χ0n) is 20.6. The van der Waals surface area contributed by atoms with Crippen LogP contribution < -0.4 is 0 Å². The number of cyclic esters (lactones) is 1. The molecule has 0 N–H and O–H groups in total. The molecule has 2 aromatic rings. The second kappa shape index (κ2) is 10.2. The average Bonchev–Trinajstić information content (AvgIpc) is 3.17. The molecule has 2 aliphatic heterocycles. The molecule has 36 heavy (non-hydrogen) atoms. The van der Waals surface area contributed by atoms with Gasteiger partial charge < -0.3 is 14.4 Å². The molecule has 2 aromatic carbocycles. The average molecular weight is 501 g/mol. The van der Waals surface area contributed by atoms with Crippen LogP contribution in [0.2, 0.25) is 0 Å². The Labute approximate surface area is 209 Å². The first-order valence-corrected chi connectivity index (χ1v) is 12.0. The summed E-state index contributed by atoms with van der Waals surface area (Å²) >= 11 is 0. The van der Waals surface area contributed by atoms with Crippen molar-refractivity contribution in [3.05, 3.63) is 71.3 Å². The molecule has 2 fully saturated rings. The van der Waals surface area contributed by atoms with Gasteiger partial charge in [-0.2, -0.15) is 0 Å². The van der Waals surface area contributed by atoms with Crippen LogP contribution in [0.4, 0.5) is 18.4 Å². The number of piperidine rings is 1. The van der Waals surface area contributed by atoms with Crippen LogP contribution in [0.25, 0.3) is 0 Å². The highest BCUT2D eigenvalue weighted by molar-refractivity contribution is 5.95. The molecule has 0 bridgehead atoms. The predicted molar refractivity (Wildman–Crippen MR) is 127 cm³/mol. The highest BCUT2D eigenvalue weighted by Gasteiger charge is 2.46. The van der Waals surface area contributed by atoms with Crippen LogP contribution in [0.3, 0.4) is 0 Å². The van der Waals surface area contributed by atoms with Crippen LogP contribution in [0.5, 0.6) is 0 Å². The normalized spacial score (nSPS) is 22.4. The number of amides is 3. The van der Waals surface area contributed by atoms with Gasteiger partial charge in [-0.3, -0.25) is 4.79 Å². The molecule has 3 atom stereocenters. The van der Waals surface area contributed by atoms with Gasteiger partial charge in [0.25, 0.3) is 0 Å². The lowest BCUT2D eigenvalue weighted by molar-refractivity contribution is -0.135. The van der Waals surface area contributed by atoms with Crippen molar-refractivity contribution in [1.82, 2.24) is 9.80 Å². The van der Waals surface area contributed by atoms with Gasteiger partial charge in [0.1, 0.15) is 23.8 Å². The Kier molecular flexibility index (Phi) is 7.28. The van der Waals surface area contributed by atoms with Crippen LogP contribution in [-0.2, 0) is 20.7 Å². The van der Waals surface area contributed by atoms with E-state index in [1.54, 1.807) is 20.8 Å². The highest BCUT2D eigenvalue weighted by Crippen LogP contribution is 2.37. The molecule has 2 heterocycles. The molecule has 4 rings (SSSR count). The number of carbonyl (C=O) groups excluding carboxylic acids is 3. The minimum Gasteiger partial charge on any atom is -0.447 e. The number of imide groups is 1. The number of hydrogen-bond acceptors (Lipinski definition) is 5. The van der Waals surface area contributed by atoms with Crippen LogP contribution >= 0.6 is 0 Å². The van der Waals surface area contributed by atoms with E-state index in [0.29, 0.717) is 6.42 Å². The third-order valence-electron chi connectivity index (χ3n) is 6.46. The third kappa shape index (κ3) is 5.66. The number of likely N-dealkylation sites (tertiary alicyclic amines) is 1. The first-order chi connectivity index (χ1) is 17.0. The van der Waals surface area contributed by atoms with Gasteiger partial charge in [-0.25, -0.2) is 23.3 Å². The lowest BCUT2D eigenvalue weighted by Crippen LogP contribution is -2.51. The largest absolute Gasteiger partial charge is 0.447 e. The number of ether oxygens (including phenoxy) is 2. The van der Waals surface area contributed by atoms with Crippen molar-refractivity contribution in [3.8, 4) is 0 Å². The minimum absolute atomic E-state index is 0.0138. The maximum atomic E-state index is 14.9. The third-order valence-corrected chi connectivity index (χ3v) is 6.46. The SMILES string of the molecule is CC(C)(C)OC(=O)N1CC[C@@H](C(=O)N2C(=O)OC[C@@H]2Cc2ccccc2)[C@H](c2ccc(F)cc2F)C1. The van der Waals surface area contributed by atoms with Gasteiger partial charge in [-0.1, -0.05) is 36.4 Å².